The molecule has 0 aromatic heterocycles. The van der Waals surface area contributed by atoms with E-state index in [0.717, 1.165) is 40.9 Å². The van der Waals surface area contributed by atoms with Crippen LogP contribution in [0.15, 0.2) is 46.9 Å². The number of piperidine rings is 1. The summed E-state index contributed by atoms with van der Waals surface area (Å²) in [4.78, 5) is 27.1. The van der Waals surface area contributed by atoms with Gasteiger partial charge in [-0.25, -0.2) is 0 Å². The first-order chi connectivity index (χ1) is 14.5. The Morgan fingerprint density at radius 2 is 2.00 bits per heavy atom. The number of nitrogens with zero attached hydrogens (tertiary/aromatic N) is 1. The number of carbonyl (C=O) groups is 2. The molecule has 0 radical (unpaired) electrons. The van der Waals surface area contributed by atoms with Gasteiger partial charge >= 0.3 is 0 Å². The van der Waals surface area contributed by atoms with Crippen molar-refractivity contribution >= 4 is 33.4 Å². The fourth-order valence-electron chi connectivity index (χ4n) is 3.69. The minimum Gasteiger partial charge on any atom is -0.492 e. The molecule has 6 heteroatoms. The highest BCUT2D eigenvalue weighted by Crippen LogP contribution is 2.24. The van der Waals surface area contributed by atoms with Crippen molar-refractivity contribution in [3.8, 4) is 5.75 Å². The average Bonchev–Trinajstić information content (AvgIpc) is 2.74. The standard InChI is InChI=1S/C24H29BrN2O3/c1-17-16-19(24(29)27-14-6-5-8-18(27)2)12-13-21(17)26-23(28)11-7-15-30-22-10-4-3-9-20(22)25/h3-4,9-10,12-13,16,18H,5-8,11,14-15H2,1-2H3,(H,26,28). The van der Waals surface area contributed by atoms with Crippen LogP contribution in [0.25, 0.3) is 0 Å². The smallest absolute Gasteiger partial charge is 0.254 e. The van der Waals surface area contributed by atoms with E-state index >= 15 is 0 Å². The third kappa shape index (κ3) is 5.85. The van der Waals surface area contributed by atoms with Crippen molar-refractivity contribution in [2.75, 3.05) is 18.5 Å². The number of anilines is 1. The predicted molar refractivity (Wildman–Crippen MR) is 123 cm³/mol. The highest BCUT2D eigenvalue weighted by atomic mass is 79.9. The Bertz CT molecular complexity index is 900. The van der Waals surface area contributed by atoms with E-state index in [0.29, 0.717) is 25.0 Å². The fourth-order valence-corrected chi connectivity index (χ4v) is 4.09. The molecule has 1 atom stereocenters. The third-order valence-electron chi connectivity index (χ3n) is 5.45. The maximum atomic E-state index is 12.8. The Labute approximate surface area is 186 Å². The fraction of sp³-hybridized carbons (Fsp3) is 0.417. The molecule has 1 aliphatic heterocycles. The number of hydrogen-bond donors (Lipinski definition) is 1. The van der Waals surface area contributed by atoms with Crippen LogP contribution in [-0.2, 0) is 4.79 Å². The average molecular weight is 473 g/mol. The zero-order chi connectivity index (χ0) is 21.5. The van der Waals surface area contributed by atoms with E-state index in [2.05, 4.69) is 28.2 Å². The van der Waals surface area contributed by atoms with Gasteiger partial charge in [0.2, 0.25) is 5.91 Å². The van der Waals surface area contributed by atoms with Crippen LogP contribution in [0.3, 0.4) is 0 Å². The molecular weight excluding hydrogens is 444 g/mol. The van der Waals surface area contributed by atoms with Gasteiger partial charge in [-0.3, -0.25) is 9.59 Å². The Morgan fingerprint density at radius 1 is 1.20 bits per heavy atom. The Balaban J connectivity index is 1.49. The highest BCUT2D eigenvalue weighted by molar-refractivity contribution is 9.10. The van der Waals surface area contributed by atoms with Gasteiger partial charge in [-0.1, -0.05) is 12.1 Å². The maximum Gasteiger partial charge on any atom is 0.254 e. The van der Waals surface area contributed by atoms with Crippen LogP contribution in [0, 0.1) is 6.92 Å². The number of halogens is 1. The van der Waals surface area contributed by atoms with Crippen molar-refractivity contribution in [3.63, 3.8) is 0 Å². The molecule has 0 bridgehead atoms. The number of para-hydroxylation sites is 1. The molecule has 2 amide bonds. The second-order valence-corrected chi connectivity index (χ2v) is 8.66. The molecule has 1 aliphatic rings. The Hall–Kier alpha value is -2.34. The third-order valence-corrected chi connectivity index (χ3v) is 6.11. The minimum atomic E-state index is -0.0578. The molecule has 1 saturated heterocycles. The van der Waals surface area contributed by atoms with E-state index in [-0.39, 0.29) is 17.9 Å². The molecule has 160 valence electrons. The monoisotopic (exact) mass is 472 g/mol. The first kappa shape index (κ1) is 22.3. The molecule has 0 spiro atoms. The molecule has 30 heavy (non-hydrogen) atoms. The highest BCUT2D eigenvalue weighted by Gasteiger charge is 2.24. The molecule has 2 aromatic rings. The zero-order valence-corrected chi connectivity index (χ0v) is 19.2. The van der Waals surface area contributed by atoms with Crippen LogP contribution < -0.4 is 10.1 Å². The SMILES string of the molecule is Cc1cc(C(=O)N2CCCCC2C)ccc1NC(=O)CCCOc1ccccc1Br. The Kier molecular flexibility index (Phi) is 7.91. The normalized spacial score (nSPS) is 16.2. The van der Waals surface area contributed by atoms with Crippen molar-refractivity contribution in [1.82, 2.24) is 4.90 Å². The first-order valence-electron chi connectivity index (χ1n) is 10.5. The summed E-state index contributed by atoms with van der Waals surface area (Å²) < 4.78 is 6.60. The second-order valence-electron chi connectivity index (χ2n) is 7.80. The van der Waals surface area contributed by atoms with Crippen LogP contribution in [0.2, 0.25) is 0 Å². The molecular formula is C24H29BrN2O3. The summed E-state index contributed by atoms with van der Waals surface area (Å²) in [6.45, 7) is 5.32. The van der Waals surface area contributed by atoms with Gasteiger partial charge in [-0.2, -0.15) is 0 Å². The quantitative estimate of drug-likeness (QED) is 0.535. The molecule has 1 N–H and O–H groups in total. The van der Waals surface area contributed by atoms with Gasteiger partial charge in [0, 0.05) is 30.3 Å². The molecule has 2 aromatic carbocycles. The van der Waals surface area contributed by atoms with Gasteiger partial charge in [0.1, 0.15) is 5.75 Å². The Morgan fingerprint density at radius 3 is 2.73 bits per heavy atom. The van der Waals surface area contributed by atoms with Crippen LogP contribution in [0.5, 0.6) is 5.75 Å². The van der Waals surface area contributed by atoms with E-state index in [1.54, 1.807) is 0 Å². The van der Waals surface area contributed by atoms with E-state index in [4.69, 9.17) is 4.74 Å². The van der Waals surface area contributed by atoms with Crippen LogP contribution in [0.1, 0.15) is 54.9 Å². The molecule has 1 fully saturated rings. The molecule has 3 rings (SSSR count). The van der Waals surface area contributed by atoms with Gasteiger partial charge in [-0.05, 0) is 91.4 Å². The summed E-state index contributed by atoms with van der Waals surface area (Å²) in [7, 11) is 0. The molecule has 0 saturated carbocycles. The summed E-state index contributed by atoms with van der Waals surface area (Å²) in [6, 6.07) is 13.4. The minimum absolute atomic E-state index is 0.0578. The number of aryl methyl sites for hydroxylation is 1. The van der Waals surface area contributed by atoms with E-state index in [1.807, 2.05) is 54.3 Å². The van der Waals surface area contributed by atoms with E-state index in [9.17, 15) is 9.59 Å². The number of likely N-dealkylation sites (tertiary alicyclic amines) is 1. The summed E-state index contributed by atoms with van der Waals surface area (Å²) in [5.41, 5.74) is 2.32. The summed E-state index contributed by atoms with van der Waals surface area (Å²) in [5, 5.41) is 2.95. The number of ether oxygens (including phenoxy) is 1. The van der Waals surface area contributed by atoms with Crippen LogP contribution in [-0.4, -0.2) is 35.9 Å². The molecule has 5 nitrogen and oxygen atoms in total. The van der Waals surface area contributed by atoms with Crippen molar-refractivity contribution in [2.45, 2.75) is 52.0 Å². The summed E-state index contributed by atoms with van der Waals surface area (Å²) in [6.07, 6.45) is 4.30. The van der Waals surface area contributed by atoms with Crippen molar-refractivity contribution < 1.29 is 14.3 Å². The number of rotatable bonds is 7. The zero-order valence-electron chi connectivity index (χ0n) is 17.6. The van der Waals surface area contributed by atoms with E-state index < -0.39 is 0 Å². The summed E-state index contributed by atoms with van der Waals surface area (Å²) >= 11 is 3.44. The first-order valence-corrected chi connectivity index (χ1v) is 11.3. The van der Waals surface area contributed by atoms with Crippen molar-refractivity contribution in [2.24, 2.45) is 0 Å². The van der Waals surface area contributed by atoms with Gasteiger partial charge in [0.05, 0.1) is 11.1 Å². The lowest BCUT2D eigenvalue weighted by Crippen LogP contribution is -2.42. The van der Waals surface area contributed by atoms with Gasteiger partial charge in [0.25, 0.3) is 5.91 Å². The number of amides is 2. The molecule has 0 aliphatic carbocycles. The predicted octanol–water partition coefficient (Wildman–Crippen LogP) is 5.57. The summed E-state index contributed by atoms with van der Waals surface area (Å²) in [5.74, 6) is 0.794. The number of nitrogens with one attached hydrogen (secondary N) is 1. The lowest BCUT2D eigenvalue weighted by molar-refractivity contribution is -0.116. The van der Waals surface area contributed by atoms with Gasteiger partial charge in [0.15, 0.2) is 0 Å². The lowest BCUT2D eigenvalue weighted by atomic mass is 10.0. The van der Waals surface area contributed by atoms with Crippen LogP contribution >= 0.6 is 15.9 Å². The van der Waals surface area contributed by atoms with Crippen molar-refractivity contribution in [1.29, 1.82) is 0 Å². The number of benzene rings is 2. The molecule has 1 unspecified atom stereocenters. The van der Waals surface area contributed by atoms with E-state index in [1.165, 1.54) is 6.42 Å². The van der Waals surface area contributed by atoms with Gasteiger partial charge < -0.3 is 15.0 Å². The van der Waals surface area contributed by atoms with Gasteiger partial charge in [-0.15, -0.1) is 0 Å². The number of hydrogen-bond acceptors (Lipinski definition) is 3. The van der Waals surface area contributed by atoms with Crippen molar-refractivity contribution in [3.05, 3.63) is 58.1 Å². The topological polar surface area (TPSA) is 58.6 Å². The maximum absolute atomic E-state index is 12.8. The molecule has 1 heterocycles. The second kappa shape index (κ2) is 10.6. The number of carbonyl (C=O) groups excluding carboxylic acids is 2. The van der Waals surface area contributed by atoms with Crippen LogP contribution in [0.4, 0.5) is 5.69 Å². The largest absolute Gasteiger partial charge is 0.492 e. The lowest BCUT2D eigenvalue weighted by Gasteiger charge is -2.33.